The Morgan fingerprint density at radius 3 is 2.63 bits per heavy atom. The largest absolute Gasteiger partial charge is 0.487 e. The maximum Gasteiger partial charge on any atom is 0.277 e. The molecule has 4 aromatic rings. The van der Waals surface area contributed by atoms with Gasteiger partial charge in [-0.2, -0.15) is 5.10 Å². The third-order valence-electron chi connectivity index (χ3n) is 5.76. The second-order valence-corrected chi connectivity index (χ2v) is 9.59. The lowest BCUT2D eigenvalue weighted by atomic mass is 10.0. The Morgan fingerprint density at radius 2 is 1.95 bits per heavy atom. The number of aromatic nitrogens is 4. The number of ether oxygens (including phenoxy) is 1. The number of carbonyl (C=O) groups is 1. The fourth-order valence-electron chi connectivity index (χ4n) is 3.89. The molecule has 198 valence electrons. The molecule has 0 atom stereocenters. The van der Waals surface area contributed by atoms with Gasteiger partial charge in [-0.25, -0.2) is 18.4 Å². The highest BCUT2D eigenvalue weighted by Crippen LogP contribution is 2.27. The van der Waals surface area contributed by atoms with Crippen LogP contribution in [0.2, 0.25) is 5.02 Å². The highest BCUT2D eigenvalue weighted by atomic mass is 35.5. The zero-order valence-corrected chi connectivity index (χ0v) is 22.0. The number of halogens is 3. The first-order valence-corrected chi connectivity index (χ1v) is 11.9. The van der Waals surface area contributed by atoms with Gasteiger partial charge in [0, 0.05) is 48.8 Å². The number of nitrogens with one attached hydrogen (secondary N) is 1. The molecule has 1 N–H and O–H groups in total. The van der Waals surface area contributed by atoms with Gasteiger partial charge in [0.25, 0.3) is 5.56 Å². The first-order chi connectivity index (χ1) is 18.6. The Balaban J connectivity index is 1.73. The van der Waals surface area contributed by atoms with Crippen molar-refractivity contribution in [3.05, 3.63) is 98.3 Å². The molecule has 3 heterocycles. The summed E-state index contributed by atoms with van der Waals surface area (Å²) in [6.45, 7) is 5.64. The summed E-state index contributed by atoms with van der Waals surface area (Å²) in [5.41, 5.74) is 0.00909. The fourth-order valence-corrected chi connectivity index (χ4v) is 4.07. The molecular formula is C27H26ClF2N5O3. The molecule has 3 aromatic heterocycles. The van der Waals surface area contributed by atoms with Crippen LogP contribution in [0.4, 0.5) is 8.78 Å². The van der Waals surface area contributed by atoms with Gasteiger partial charge in [-0.05, 0) is 51.5 Å². The summed E-state index contributed by atoms with van der Waals surface area (Å²) in [7, 11) is 0. The summed E-state index contributed by atoms with van der Waals surface area (Å²) in [6, 6.07) is 7.09. The molecule has 11 heteroatoms. The highest BCUT2D eigenvalue weighted by molar-refractivity contribution is 6.31. The Kier molecular flexibility index (Phi) is 6.63. The highest BCUT2D eigenvalue weighted by Gasteiger charge is 2.25. The van der Waals surface area contributed by atoms with Crippen LogP contribution in [0.25, 0.3) is 11.5 Å². The molecule has 0 spiro atoms. The van der Waals surface area contributed by atoms with Crippen LogP contribution in [0, 0.1) is 25.5 Å². The van der Waals surface area contributed by atoms with Crippen molar-refractivity contribution >= 4 is 17.5 Å². The number of pyridine rings is 2. The van der Waals surface area contributed by atoms with E-state index in [0.717, 1.165) is 12.1 Å². The number of benzene rings is 1. The summed E-state index contributed by atoms with van der Waals surface area (Å²) >= 11 is 6.34. The fraction of sp³-hybridized carbons (Fsp3) is 0.259. The molecule has 0 aliphatic rings. The van der Waals surface area contributed by atoms with E-state index in [9.17, 15) is 18.4 Å². The molecule has 0 radical (unpaired) electrons. The van der Waals surface area contributed by atoms with Gasteiger partial charge < -0.3 is 10.1 Å². The average molecular weight is 544 g/mol. The lowest BCUT2D eigenvalue weighted by Crippen LogP contribution is -2.40. The van der Waals surface area contributed by atoms with E-state index in [-0.39, 0.29) is 11.7 Å². The van der Waals surface area contributed by atoms with E-state index in [2.05, 4.69) is 15.4 Å². The van der Waals surface area contributed by atoms with Gasteiger partial charge >= 0.3 is 0 Å². The zero-order valence-electron chi connectivity index (χ0n) is 23.3. The summed E-state index contributed by atoms with van der Waals surface area (Å²) in [5.74, 6) is -2.14. The number of hydrogen-bond donors (Lipinski definition) is 1. The predicted molar refractivity (Wildman–Crippen MR) is 139 cm³/mol. The van der Waals surface area contributed by atoms with E-state index in [1.165, 1.54) is 22.2 Å². The van der Waals surface area contributed by atoms with Crippen LogP contribution in [0.5, 0.6) is 5.75 Å². The van der Waals surface area contributed by atoms with Gasteiger partial charge in [0.2, 0.25) is 5.91 Å². The van der Waals surface area contributed by atoms with E-state index in [1.807, 2.05) is 13.8 Å². The van der Waals surface area contributed by atoms with Gasteiger partial charge in [0.05, 0.1) is 19.7 Å². The van der Waals surface area contributed by atoms with E-state index in [1.54, 1.807) is 38.4 Å². The van der Waals surface area contributed by atoms with Crippen molar-refractivity contribution in [1.82, 2.24) is 24.6 Å². The quantitative estimate of drug-likeness (QED) is 0.357. The van der Waals surface area contributed by atoms with E-state index in [4.69, 9.17) is 19.1 Å². The van der Waals surface area contributed by atoms with Crippen molar-refractivity contribution in [2.24, 2.45) is 0 Å². The molecule has 1 amide bonds. The summed E-state index contributed by atoms with van der Waals surface area (Å²) in [5, 5.41) is 6.93. The van der Waals surface area contributed by atoms with Gasteiger partial charge in [-0.15, -0.1) is 0 Å². The molecule has 8 nitrogen and oxygen atoms in total. The first kappa shape index (κ1) is 24.3. The van der Waals surface area contributed by atoms with Crippen molar-refractivity contribution in [1.29, 1.82) is 0 Å². The maximum atomic E-state index is 14.2. The van der Waals surface area contributed by atoms with E-state index >= 15 is 0 Å². The van der Waals surface area contributed by atoms with Gasteiger partial charge in [-0.1, -0.05) is 11.6 Å². The van der Waals surface area contributed by atoms with E-state index in [0.29, 0.717) is 34.5 Å². The monoisotopic (exact) mass is 543 g/mol. The Bertz CT molecular complexity index is 1690. The van der Waals surface area contributed by atoms with Crippen molar-refractivity contribution < 1.29 is 21.1 Å². The minimum Gasteiger partial charge on any atom is -0.487 e. The maximum absolute atomic E-state index is 14.2. The number of amides is 1. The predicted octanol–water partition coefficient (Wildman–Crippen LogP) is 4.92. The van der Waals surface area contributed by atoms with Crippen molar-refractivity contribution in [3.8, 4) is 17.3 Å². The normalized spacial score (nSPS) is 12.6. The average Bonchev–Trinajstić information content (AvgIpc) is 3.34. The SMILES string of the molecule is [2H]C([2H])(Oc1cc(C)n(-c2cc(-n3ccc(C(C)(C)NC(C)=O)n3)ncc2C)c(=O)c1Cl)c1ccc(F)cc1F. The summed E-state index contributed by atoms with van der Waals surface area (Å²) < 4.78 is 52.1. The lowest BCUT2D eigenvalue weighted by molar-refractivity contribution is -0.120. The molecule has 0 aliphatic heterocycles. The minimum absolute atomic E-state index is 0.203. The van der Waals surface area contributed by atoms with Crippen molar-refractivity contribution in [3.63, 3.8) is 0 Å². The second kappa shape index (κ2) is 10.4. The number of nitrogens with zero attached hydrogens (tertiary/aromatic N) is 4. The van der Waals surface area contributed by atoms with Crippen LogP contribution in [0.1, 0.15) is 46.0 Å². The van der Waals surface area contributed by atoms with Crippen LogP contribution in [0.3, 0.4) is 0 Å². The zero-order chi connectivity index (χ0) is 29.6. The van der Waals surface area contributed by atoms with Gasteiger partial charge in [0.1, 0.15) is 29.0 Å². The third-order valence-corrected chi connectivity index (χ3v) is 6.10. The van der Waals surface area contributed by atoms with Crippen LogP contribution >= 0.6 is 11.6 Å². The Hall–Kier alpha value is -4.05. The molecule has 0 saturated heterocycles. The molecule has 0 bridgehead atoms. The van der Waals surface area contributed by atoms with Crippen LogP contribution in [0.15, 0.2) is 53.6 Å². The summed E-state index contributed by atoms with van der Waals surface area (Å²) in [4.78, 5) is 29.4. The van der Waals surface area contributed by atoms with Gasteiger partial charge in [-0.3, -0.25) is 14.2 Å². The molecule has 1 aromatic carbocycles. The summed E-state index contributed by atoms with van der Waals surface area (Å²) in [6.07, 6.45) is 3.24. The van der Waals surface area contributed by atoms with Crippen molar-refractivity contribution in [2.75, 3.05) is 0 Å². The van der Waals surface area contributed by atoms with Gasteiger partial charge in [0.15, 0.2) is 5.82 Å². The smallest absolute Gasteiger partial charge is 0.277 e. The Morgan fingerprint density at radius 1 is 1.21 bits per heavy atom. The molecule has 0 fully saturated rings. The number of aryl methyl sites for hydroxylation is 2. The molecule has 4 rings (SSSR count). The molecule has 0 unspecified atom stereocenters. The first-order valence-electron chi connectivity index (χ1n) is 12.5. The standard InChI is InChI=1S/C27H26ClF2N5O3/c1-15-13-31-24(34-9-8-23(33-34)27(4,5)32-17(3)36)12-21(15)35-16(2)10-22(25(28)26(35)37)38-14-18-6-7-19(29)11-20(18)30/h6-13H,14H2,1-5H3,(H,32,36)/i14D2. The van der Waals surface area contributed by atoms with Crippen LogP contribution in [-0.4, -0.2) is 25.2 Å². The topological polar surface area (TPSA) is 91.0 Å². The second-order valence-electron chi connectivity index (χ2n) is 9.21. The lowest BCUT2D eigenvalue weighted by Gasteiger charge is -2.23. The molecular weight excluding hydrogens is 516 g/mol. The van der Waals surface area contributed by atoms with Crippen LogP contribution in [-0.2, 0) is 16.9 Å². The van der Waals surface area contributed by atoms with E-state index < -0.39 is 39.9 Å². The molecule has 38 heavy (non-hydrogen) atoms. The van der Waals surface area contributed by atoms with Crippen molar-refractivity contribution in [2.45, 2.75) is 46.7 Å². The molecule has 0 saturated carbocycles. The number of carbonyl (C=O) groups excluding carboxylic acids is 1. The number of rotatable bonds is 7. The Labute approximate surface area is 225 Å². The van der Waals surface area contributed by atoms with Crippen LogP contribution < -0.4 is 15.6 Å². The molecule has 0 aliphatic carbocycles. The third kappa shape index (κ3) is 5.45. The minimum atomic E-state index is -2.75. The number of hydrogen-bond acceptors (Lipinski definition) is 5.